The summed E-state index contributed by atoms with van der Waals surface area (Å²) in [5.41, 5.74) is 2.81. The number of amides is 3. The van der Waals surface area contributed by atoms with Crippen LogP contribution in [-0.2, 0) is 16.0 Å². The highest BCUT2D eigenvalue weighted by atomic mass is 32.1. The molecule has 9 heteroatoms. The first kappa shape index (κ1) is 26.2. The number of nitrogens with zero attached hydrogens (tertiary/aromatic N) is 2. The number of anilines is 1. The van der Waals surface area contributed by atoms with Crippen LogP contribution in [0.25, 0.3) is 0 Å². The smallest absolute Gasteiger partial charge is 0.322 e. The molecule has 2 aliphatic rings. The molecule has 7 nitrogen and oxygen atoms in total. The second-order valence-electron chi connectivity index (χ2n) is 9.73. The Morgan fingerprint density at radius 2 is 2.05 bits per heavy atom. The first-order valence-corrected chi connectivity index (χ1v) is 13.8. The summed E-state index contributed by atoms with van der Waals surface area (Å²) in [6.45, 7) is 3.63. The van der Waals surface area contributed by atoms with Crippen LogP contribution in [0.15, 0.2) is 60.0 Å². The number of benzene rings is 2. The Labute approximate surface area is 226 Å². The van der Waals surface area contributed by atoms with Gasteiger partial charge in [0.2, 0.25) is 5.91 Å². The molecule has 200 valence electrons. The summed E-state index contributed by atoms with van der Waals surface area (Å²) in [5.74, 6) is -0.122. The molecule has 0 aliphatic carbocycles. The van der Waals surface area contributed by atoms with Crippen LogP contribution in [-0.4, -0.2) is 60.7 Å². The third-order valence-corrected chi connectivity index (χ3v) is 7.98. The van der Waals surface area contributed by atoms with E-state index in [1.807, 2.05) is 42.6 Å². The van der Waals surface area contributed by atoms with Crippen LogP contribution in [0, 0.1) is 12.7 Å². The number of ether oxygens (including phenoxy) is 2. The lowest BCUT2D eigenvalue weighted by atomic mass is 10.0. The van der Waals surface area contributed by atoms with Crippen LogP contribution in [0.4, 0.5) is 14.9 Å². The lowest BCUT2D eigenvalue weighted by Gasteiger charge is -2.37. The fourth-order valence-corrected chi connectivity index (χ4v) is 5.88. The molecule has 3 amide bonds. The van der Waals surface area contributed by atoms with E-state index in [9.17, 15) is 14.0 Å². The molecule has 3 heterocycles. The number of aryl methyl sites for hydroxylation is 1. The second kappa shape index (κ2) is 12.0. The molecule has 3 aromatic rings. The van der Waals surface area contributed by atoms with Gasteiger partial charge in [-0.3, -0.25) is 4.79 Å². The second-order valence-corrected chi connectivity index (χ2v) is 10.7. The molecule has 38 heavy (non-hydrogen) atoms. The fraction of sp³-hybridized carbons (Fsp3) is 0.379. The number of nitrogens with one attached hydrogen (secondary N) is 1. The van der Waals surface area contributed by atoms with Crippen molar-refractivity contribution < 1.29 is 23.5 Å². The van der Waals surface area contributed by atoms with Crippen molar-refractivity contribution in [3.63, 3.8) is 0 Å². The average Bonchev–Trinajstić information content (AvgIpc) is 3.60. The van der Waals surface area contributed by atoms with Gasteiger partial charge in [0.1, 0.15) is 24.7 Å². The number of hydrogen-bond acceptors (Lipinski definition) is 5. The van der Waals surface area contributed by atoms with Gasteiger partial charge in [-0.25, -0.2) is 9.18 Å². The molecule has 0 radical (unpaired) electrons. The molecule has 1 N–H and O–H groups in total. The average molecular weight is 538 g/mol. The predicted molar refractivity (Wildman–Crippen MR) is 145 cm³/mol. The van der Waals surface area contributed by atoms with Crippen molar-refractivity contribution in [1.82, 2.24) is 9.80 Å². The summed E-state index contributed by atoms with van der Waals surface area (Å²) in [4.78, 5) is 31.6. The van der Waals surface area contributed by atoms with Crippen molar-refractivity contribution in [3.05, 3.63) is 81.8 Å². The van der Waals surface area contributed by atoms with Crippen molar-refractivity contribution in [2.24, 2.45) is 0 Å². The summed E-state index contributed by atoms with van der Waals surface area (Å²) >= 11 is 1.66. The van der Waals surface area contributed by atoms with Gasteiger partial charge in [0, 0.05) is 36.3 Å². The molecular weight excluding hydrogens is 505 g/mol. The number of fused-ring (bicyclic) bond motifs is 1. The maximum atomic E-state index is 13.7. The maximum Gasteiger partial charge on any atom is 0.322 e. The summed E-state index contributed by atoms with van der Waals surface area (Å²) < 4.78 is 25.4. The number of carbonyl (C=O) groups excluding carboxylic acids is 2. The van der Waals surface area contributed by atoms with Gasteiger partial charge in [-0.2, -0.15) is 0 Å². The summed E-state index contributed by atoms with van der Waals surface area (Å²) in [6, 6.07) is 14.9. The SMILES string of the molecule is Cc1ccc(NC(=O)N(CC(=O)N2CCc3sccc3C2COc2cccc(F)c2)CC2CCCO2)cc1. The molecule has 1 fully saturated rings. The molecule has 2 aromatic carbocycles. The topological polar surface area (TPSA) is 71.1 Å². The Morgan fingerprint density at radius 1 is 1.21 bits per heavy atom. The third-order valence-electron chi connectivity index (χ3n) is 6.98. The number of halogens is 1. The third kappa shape index (κ3) is 6.34. The van der Waals surface area contributed by atoms with Crippen molar-refractivity contribution in [2.75, 3.05) is 38.2 Å². The zero-order valence-electron chi connectivity index (χ0n) is 21.4. The molecule has 0 spiro atoms. The summed E-state index contributed by atoms with van der Waals surface area (Å²) in [6.07, 6.45) is 2.45. The van der Waals surface area contributed by atoms with E-state index in [-0.39, 0.29) is 43.1 Å². The minimum atomic E-state index is -0.375. The van der Waals surface area contributed by atoms with Crippen LogP contribution in [0.2, 0.25) is 0 Å². The quantitative estimate of drug-likeness (QED) is 0.417. The molecule has 1 aromatic heterocycles. The van der Waals surface area contributed by atoms with Crippen LogP contribution < -0.4 is 10.1 Å². The van der Waals surface area contributed by atoms with Crippen molar-refractivity contribution in [3.8, 4) is 5.75 Å². The number of rotatable bonds is 8. The van der Waals surface area contributed by atoms with Gasteiger partial charge >= 0.3 is 6.03 Å². The zero-order valence-corrected chi connectivity index (χ0v) is 22.2. The highest BCUT2D eigenvalue weighted by Crippen LogP contribution is 2.34. The van der Waals surface area contributed by atoms with E-state index in [0.29, 0.717) is 31.1 Å². The monoisotopic (exact) mass is 537 g/mol. The molecular formula is C29H32FN3O4S. The molecule has 0 bridgehead atoms. The van der Waals surface area contributed by atoms with Gasteiger partial charge in [-0.1, -0.05) is 23.8 Å². The first-order chi connectivity index (χ1) is 18.5. The Morgan fingerprint density at radius 3 is 2.82 bits per heavy atom. The van der Waals surface area contributed by atoms with E-state index in [1.165, 1.54) is 17.0 Å². The highest BCUT2D eigenvalue weighted by Gasteiger charge is 2.34. The fourth-order valence-electron chi connectivity index (χ4n) is 4.95. The maximum absolute atomic E-state index is 13.7. The van der Waals surface area contributed by atoms with Crippen molar-refractivity contribution in [1.29, 1.82) is 0 Å². The molecule has 2 unspecified atom stereocenters. The Balaban J connectivity index is 1.32. The zero-order chi connectivity index (χ0) is 26.5. The molecule has 5 rings (SSSR count). The molecule has 2 atom stereocenters. The van der Waals surface area contributed by atoms with Gasteiger partial charge in [0.25, 0.3) is 0 Å². The van der Waals surface area contributed by atoms with E-state index < -0.39 is 0 Å². The van der Waals surface area contributed by atoms with Gasteiger partial charge < -0.3 is 24.6 Å². The van der Waals surface area contributed by atoms with E-state index in [4.69, 9.17) is 9.47 Å². The number of urea groups is 1. The number of thiophene rings is 1. The van der Waals surface area contributed by atoms with E-state index in [0.717, 1.165) is 30.4 Å². The van der Waals surface area contributed by atoms with Gasteiger partial charge in [0.15, 0.2) is 0 Å². The van der Waals surface area contributed by atoms with Crippen LogP contribution in [0.3, 0.4) is 0 Å². The van der Waals surface area contributed by atoms with E-state index in [2.05, 4.69) is 5.32 Å². The molecule has 0 saturated carbocycles. The van der Waals surface area contributed by atoms with E-state index >= 15 is 0 Å². The van der Waals surface area contributed by atoms with Crippen LogP contribution >= 0.6 is 11.3 Å². The Hall–Kier alpha value is -3.43. The van der Waals surface area contributed by atoms with Gasteiger partial charge in [-0.15, -0.1) is 11.3 Å². The number of carbonyl (C=O) groups is 2. The van der Waals surface area contributed by atoms with Crippen molar-refractivity contribution in [2.45, 2.75) is 38.3 Å². The predicted octanol–water partition coefficient (Wildman–Crippen LogP) is 5.41. The standard InChI is InChI=1S/C29H32FN3O4S/c1-20-7-9-22(10-8-20)31-29(35)32(17-24-6-3-14-36-24)18-28(34)33-13-11-27-25(12-15-38-27)26(33)19-37-23-5-2-4-21(30)16-23/h2,4-5,7-10,12,15-16,24,26H,3,6,11,13-14,17-19H2,1H3,(H,31,35). The van der Waals surface area contributed by atoms with Crippen molar-refractivity contribution >= 4 is 29.0 Å². The minimum absolute atomic E-state index is 0.0759. The minimum Gasteiger partial charge on any atom is -0.491 e. The molecule has 1 saturated heterocycles. The summed E-state index contributed by atoms with van der Waals surface area (Å²) in [5, 5.41) is 4.95. The lowest BCUT2D eigenvalue weighted by molar-refractivity contribution is -0.135. The van der Waals surface area contributed by atoms with Crippen LogP contribution in [0.5, 0.6) is 5.75 Å². The Kier molecular flexibility index (Phi) is 8.24. The normalized spacial score (nSPS) is 18.6. The van der Waals surface area contributed by atoms with Crippen LogP contribution in [0.1, 0.15) is 34.9 Å². The first-order valence-electron chi connectivity index (χ1n) is 12.9. The van der Waals surface area contributed by atoms with Gasteiger partial charge in [0.05, 0.1) is 12.1 Å². The highest BCUT2D eigenvalue weighted by molar-refractivity contribution is 7.10. The summed E-state index contributed by atoms with van der Waals surface area (Å²) in [7, 11) is 0. The number of hydrogen-bond donors (Lipinski definition) is 1. The molecule has 2 aliphatic heterocycles. The Bertz CT molecular complexity index is 1260. The van der Waals surface area contributed by atoms with E-state index in [1.54, 1.807) is 33.3 Å². The lowest BCUT2D eigenvalue weighted by Crippen LogP contribution is -2.50. The van der Waals surface area contributed by atoms with Gasteiger partial charge in [-0.05, 0) is 67.5 Å². The largest absolute Gasteiger partial charge is 0.491 e.